The van der Waals surface area contributed by atoms with Crippen molar-refractivity contribution in [3.8, 4) is 0 Å². The average molecular weight is 306 g/mol. The van der Waals surface area contributed by atoms with Crippen LogP contribution in [-0.4, -0.2) is 37.9 Å². The van der Waals surface area contributed by atoms with Crippen LogP contribution in [0.4, 0.5) is 0 Å². The first-order valence-electron chi connectivity index (χ1n) is 7.42. The van der Waals surface area contributed by atoms with Crippen LogP contribution in [0.2, 0.25) is 0 Å². The van der Waals surface area contributed by atoms with Crippen LogP contribution in [0.25, 0.3) is 0 Å². The second-order valence-electron chi connectivity index (χ2n) is 7.18. The van der Waals surface area contributed by atoms with Crippen molar-refractivity contribution in [2.24, 2.45) is 23.2 Å². The van der Waals surface area contributed by atoms with Gasteiger partial charge in [-0.2, -0.15) is 0 Å². The van der Waals surface area contributed by atoms with E-state index in [4.69, 9.17) is 11.6 Å². The summed E-state index contributed by atoms with van der Waals surface area (Å²) in [6, 6.07) is 0. The molecule has 19 heavy (non-hydrogen) atoms. The zero-order valence-electron chi connectivity index (χ0n) is 11.6. The number of nitrogens with zero attached hydrogens (tertiary/aromatic N) is 1. The monoisotopic (exact) mass is 305 g/mol. The van der Waals surface area contributed by atoms with Crippen LogP contribution in [-0.2, 0) is 10.0 Å². The van der Waals surface area contributed by atoms with E-state index in [1.807, 2.05) is 0 Å². The van der Waals surface area contributed by atoms with E-state index in [-0.39, 0.29) is 17.0 Å². The molecule has 3 nitrogen and oxygen atoms in total. The first-order valence-corrected chi connectivity index (χ1v) is 9.57. The molecular weight excluding hydrogens is 282 g/mol. The zero-order chi connectivity index (χ0) is 13.7. The fraction of sp³-hybridized carbons (Fsp3) is 1.00. The lowest BCUT2D eigenvalue weighted by atomic mass is 9.49. The van der Waals surface area contributed by atoms with Gasteiger partial charge < -0.3 is 0 Å². The molecular formula is C14H24ClNO2S. The fourth-order valence-electron chi connectivity index (χ4n) is 5.31. The minimum Gasteiger partial charge on any atom is -0.212 e. The molecule has 0 saturated heterocycles. The number of hydrogen-bond donors (Lipinski definition) is 0. The van der Waals surface area contributed by atoms with E-state index in [2.05, 4.69) is 0 Å². The maximum Gasteiger partial charge on any atom is 0.215 e. The highest BCUT2D eigenvalue weighted by Crippen LogP contribution is 2.60. The van der Waals surface area contributed by atoms with Gasteiger partial charge in [0.15, 0.2) is 0 Å². The summed E-state index contributed by atoms with van der Waals surface area (Å²) in [5.74, 6) is 2.87. The minimum absolute atomic E-state index is 0.0669. The lowest BCUT2D eigenvalue weighted by Crippen LogP contribution is -2.51. The second kappa shape index (κ2) is 4.88. The quantitative estimate of drug-likeness (QED) is 0.732. The van der Waals surface area contributed by atoms with Crippen LogP contribution in [0, 0.1) is 23.2 Å². The Morgan fingerprint density at radius 3 is 2.00 bits per heavy atom. The van der Waals surface area contributed by atoms with Crippen molar-refractivity contribution in [3.63, 3.8) is 0 Å². The molecule has 0 amide bonds. The Morgan fingerprint density at radius 2 is 1.58 bits per heavy atom. The molecule has 0 radical (unpaired) electrons. The minimum atomic E-state index is -3.15. The summed E-state index contributed by atoms with van der Waals surface area (Å²) in [7, 11) is -1.42. The van der Waals surface area contributed by atoms with Gasteiger partial charge in [0.05, 0.1) is 5.75 Å². The van der Waals surface area contributed by atoms with Gasteiger partial charge in [-0.15, -0.1) is 11.6 Å². The third-order valence-electron chi connectivity index (χ3n) is 5.53. The molecule has 5 heteroatoms. The summed E-state index contributed by atoms with van der Waals surface area (Å²) in [5, 5.41) is 0. The highest BCUT2D eigenvalue weighted by molar-refractivity contribution is 7.89. The molecule has 4 rings (SSSR count). The summed E-state index contributed by atoms with van der Waals surface area (Å²) in [6.45, 7) is 0.718. The van der Waals surface area contributed by atoms with Gasteiger partial charge in [-0.3, -0.25) is 0 Å². The lowest BCUT2D eigenvalue weighted by Gasteiger charge is -2.57. The van der Waals surface area contributed by atoms with Crippen molar-refractivity contribution in [2.45, 2.75) is 38.5 Å². The van der Waals surface area contributed by atoms with E-state index in [0.29, 0.717) is 0 Å². The van der Waals surface area contributed by atoms with Gasteiger partial charge in [-0.05, 0) is 61.7 Å². The fourth-order valence-corrected chi connectivity index (χ4v) is 6.87. The molecule has 0 atom stereocenters. The highest BCUT2D eigenvalue weighted by atomic mass is 35.5. The van der Waals surface area contributed by atoms with Crippen LogP contribution in [0.15, 0.2) is 0 Å². The van der Waals surface area contributed by atoms with Crippen molar-refractivity contribution < 1.29 is 8.42 Å². The maximum absolute atomic E-state index is 12.1. The van der Waals surface area contributed by atoms with E-state index in [1.54, 1.807) is 11.4 Å². The van der Waals surface area contributed by atoms with Crippen molar-refractivity contribution in [3.05, 3.63) is 0 Å². The molecule has 0 aromatic carbocycles. The normalized spacial score (nSPS) is 41.1. The smallest absolute Gasteiger partial charge is 0.212 e. The first-order chi connectivity index (χ1) is 8.92. The standard InChI is InChI=1S/C14H24ClNO2S/c1-16(19(17,18)3-2-15)10-14-7-11-4-12(8-14)6-13(5-11)9-14/h11-13H,2-10H2,1H3. The molecule has 0 spiro atoms. The summed E-state index contributed by atoms with van der Waals surface area (Å²) >= 11 is 5.60. The van der Waals surface area contributed by atoms with Gasteiger partial charge in [-0.1, -0.05) is 0 Å². The molecule has 0 aromatic rings. The van der Waals surface area contributed by atoms with Gasteiger partial charge in [-0.25, -0.2) is 12.7 Å². The number of sulfonamides is 1. The summed E-state index contributed by atoms with van der Waals surface area (Å²) in [6.07, 6.45) is 7.95. The Balaban J connectivity index is 1.73. The Hall–Kier alpha value is 0.200. The molecule has 0 N–H and O–H groups in total. The predicted molar refractivity (Wildman–Crippen MR) is 77.7 cm³/mol. The number of hydrogen-bond acceptors (Lipinski definition) is 2. The van der Waals surface area contributed by atoms with Gasteiger partial charge >= 0.3 is 0 Å². The van der Waals surface area contributed by atoms with Crippen LogP contribution >= 0.6 is 11.6 Å². The Labute approximate surface area is 121 Å². The van der Waals surface area contributed by atoms with E-state index in [0.717, 1.165) is 24.3 Å². The number of halogens is 1. The molecule has 4 aliphatic rings. The molecule has 110 valence electrons. The van der Waals surface area contributed by atoms with Gasteiger partial charge in [0.1, 0.15) is 0 Å². The van der Waals surface area contributed by atoms with E-state index in [9.17, 15) is 8.42 Å². The molecule has 4 fully saturated rings. The van der Waals surface area contributed by atoms with Crippen molar-refractivity contribution in [1.82, 2.24) is 4.31 Å². The Bertz CT molecular complexity index is 413. The zero-order valence-corrected chi connectivity index (χ0v) is 13.2. The molecule has 0 aromatic heterocycles. The number of rotatable bonds is 5. The summed E-state index contributed by atoms with van der Waals surface area (Å²) in [5.41, 5.74) is 0.281. The second-order valence-corrected chi connectivity index (χ2v) is 9.75. The van der Waals surface area contributed by atoms with Gasteiger partial charge in [0.25, 0.3) is 0 Å². The average Bonchev–Trinajstić information content (AvgIpc) is 2.25. The van der Waals surface area contributed by atoms with Crippen molar-refractivity contribution in [2.75, 3.05) is 25.2 Å². The van der Waals surface area contributed by atoms with E-state index < -0.39 is 10.0 Å². The third-order valence-corrected chi connectivity index (χ3v) is 7.75. The SMILES string of the molecule is CN(CC12CC3CC(CC(C3)C1)C2)S(=O)(=O)CCCl. The first kappa shape index (κ1) is 14.2. The summed E-state index contributed by atoms with van der Waals surface area (Å²) in [4.78, 5) is 0. The largest absolute Gasteiger partial charge is 0.215 e. The molecule has 4 bridgehead atoms. The Morgan fingerprint density at radius 1 is 1.11 bits per heavy atom. The van der Waals surface area contributed by atoms with Crippen LogP contribution in [0.3, 0.4) is 0 Å². The van der Waals surface area contributed by atoms with E-state index in [1.165, 1.54) is 38.5 Å². The van der Waals surface area contributed by atoms with Crippen LogP contribution in [0.1, 0.15) is 38.5 Å². The van der Waals surface area contributed by atoms with Crippen LogP contribution in [0.5, 0.6) is 0 Å². The maximum atomic E-state index is 12.1. The van der Waals surface area contributed by atoms with Crippen molar-refractivity contribution in [1.29, 1.82) is 0 Å². The predicted octanol–water partition coefficient (Wildman–Crippen LogP) is 2.70. The molecule has 0 heterocycles. The molecule has 4 aliphatic carbocycles. The topological polar surface area (TPSA) is 37.4 Å². The van der Waals surface area contributed by atoms with Crippen LogP contribution < -0.4 is 0 Å². The third kappa shape index (κ3) is 2.68. The Kier molecular flexibility index (Phi) is 3.64. The molecule has 4 saturated carbocycles. The van der Waals surface area contributed by atoms with E-state index >= 15 is 0 Å². The van der Waals surface area contributed by atoms with Crippen molar-refractivity contribution >= 4 is 21.6 Å². The van der Waals surface area contributed by atoms with Gasteiger partial charge in [0.2, 0.25) is 10.0 Å². The molecule has 0 unspecified atom stereocenters. The molecule has 0 aliphatic heterocycles. The van der Waals surface area contributed by atoms with Gasteiger partial charge in [0, 0.05) is 19.5 Å². The number of alkyl halides is 1. The lowest BCUT2D eigenvalue weighted by molar-refractivity contribution is -0.0583. The summed E-state index contributed by atoms with van der Waals surface area (Å²) < 4.78 is 25.8. The highest BCUT2D eigenvalue weighted by Gasteiger charge is 2.51.